The van der Waals surface area contributed by atoms with Crippen molar-refractivity contribution in [2.45, 2.75) is 13.3 Å². The van der Waals surface area contributed by atoms with E-state index in [2.05, 4.69) is 11.9 Å². The molecule has 2 aromatic rings. The zero-order valence-electron chi connectivity index (χ0n) is 9.48. The third-order valence-corrected chi connectivity index (χ3v) is 2.92. The molecule has 1 heterocycles. The van der Waals surface area contributed by atoms with Gasteiger partial charge in [0.1, 0.15) is 0 Å². The summed E-state index contributed by atoms with van der Waals surface area (Å²) in [5.41, 5.74) is 2.30. The number of halogens is 1. The summed E-state index contributed by atoms with van der Waals surface area (Å²) in [6.07, 6.45) is 3.96. The number of carbonyl (C=O) groups is 1. The maximum Gasteiger partial charge on any atom is 0.194 e. The normalized spacial score (nSPS) is 10.2. The summed E-state index contributed by atoms with van der Waals surface area (Å²) in [6, 6.07) is 9.24. The molecule has 0 aliphatic heterocycles. The van der Waals surface area contributed by atoms with E-state index in [9.17, 15) is 4.79 Å². The van der Waals surface area contributed by atoms with Gasteiger partial charge >= 0.3 is 0 Å². The lowest BCUT2D eigenvalue weighted by molar-refractivity contribution is 0.103. The molecule has 0 amide bonds. The Morgan fingerprint density at radius 2 is 2.18 bits per heavy atom. The van der Waals surface area contributed by atoms with Crippen molar-refractivity contribution in [1.82, 2.24) is 4.98 Å². The smallest absolute Gasteiger partial charge is 0.194 e. The van der Waals surface area contributed by atoms with Crippen LogP contribution >= 0.6 is 11.6 Å². The van der Waals surface area contributed by atoms with Crippen molar-refractivity contribution >= 4 is 17.4 Å². The number of pyridine rings is 1. The molecule has 0 bridgehead atoms. The SMILES string of the molecule is CCc1cccc(C(=O)c2ccncc2Cl)c1. The zero-order chi connectivity index (χ0) is 12.3. The molecular formula is C14H12ClNO. The summed E-state index contributed by atoms with van der Waals surface area (Å²) in [5.74, 6) is -0.0623. The van der Waals surface area contributed by atoms with Crippen molar-refractivity contribution in [3.8, 4) is 0 Å². The monoisotopic (exact) mass is 245 g/mol. The molecule has 0 radical (unpaired) electrons. The lowest BCUT2D eigenvalue weighted by Crippen LogP contribution is -2.03. The summed E-state index contributed by atoms with van der Waals surface area (Å²) < 4.78 is 0. The molecule has 0 saturated heterocycles. The Labute approximate surface area is 105 Å². The molecular weight excluding hydrogens is 234 g/mol. The Hall–Kier alpha value is -1.67. The van der Waals surface area contributed by atoms with E-state index < -0.39 is 0 Å². The predicted octanol–water partition coefficient (Wildman–Crippen LogP) is 3.53. The highest BCUT2D eigenvalue weighted by molar-refractivity contribution is 6.34. The van der Waals surface area contributed by atoms with E-state index in [1.165, 1.54) is 6.20 Å². The number of ketones is 1. The summed E-state index contributed by atoms with van der Waals surface area (Å²) >= 11 is 5.96. The van der Waals surface area contributed by atoms with E-state index in [1.807, 2.05) is 18.2 Å². The van der Waals surface area contributed by atoms with E-state index in [0.717, 1.165) is 12.0 Å². The third kappa shape index (κ3) is 2.53. The summed E-state index contributed by atoms with van der Waals surface area (Å²) in [4.78, 5) is 16.1. The number of rotatable bonds is 3. The van der Waals surface area contributed by atoms with Gasteiger partial charge in [0.25, 0.3) is 0 Å². The molecule has 0 aliphatic carbocycles. The van der Waals surface area contributed by atoms with Crippen LogP contribution < -0.4 is 0 Å². The molecule has 86 valence electrons. The van der Waals surface area contributed by atoms with Gasteiger partial charge in [-0.1, -0.05) is 36.7 Å². The van der Waals surface area contributed by atoms with Gasteiger partial charge in [0, 0.05) is 23.5 Å². The maximum absolute atomic E-state index is 12.2. The first-order valence-electron chi connectivity index (χ1n) is 5.45. The van der Waals surface area contributed by atoms with Crippen LogP contribution in [-0.2, 0) is 6.42 Å². The number of aryl methyl sites for hydroxylation is 1. The second-order valence-corrected chi connectivity index (χ2v) is 4.15. The topological polar surface area (TPSA) is 30.0 Å². The van der Waals surface area contributed by atoms with E-state index in [0.29, 0.717) is 16.1 Å². The van der Waals surface area contributed by atoms with Crippen LogP contribution in [0.5, 0.6) is 0 Å². The first-order valence-corrected chi connectivity index (χ1v) is 5.83. The fraction of sp³-hybridized carbons (Fsp3) is 0.143. The summed E-state index contributed by atoms with van der Waals surface area (Å²) in [5, 5.41) is 0.388. The molecule has 17 heavy (non-hydrogen) atoms. The molecule has 0 N–H and O–H groups in total. The average Bonchev–Trinajstić information content (AvgIpc) is 2.38. The Kier molecular flexibility index (Phi) is 3.55. The Balaban J connectivity index is 2.40. The summed E-state index contributed by atoms with van der Waals surface area (Å²) in [7, 11) is 0. The lowest BCUT2D eigenvalue weighted by atomic mass is 10.0. The van der Waals surface area contributed by atoms with Crippen molar-refractivity contribution < 1.29 is 4.79 Å². The summed E-state index contributed by atoms with van der Waals surface area (Å²) in [6.45, 7) is 2.06. The van der Waals surface area contributed by atoms with Gasteiger partial charge in [0.05, 0.1) is 5.02 Å². The van der Waals surface area contributed by atoms with Crippen molar-refractivity contribution in [1.29, 1.82) is 0 Å². The van der Waals surface area contributed by atoms with Crippen LogP contribution in [0.2, 0.25) is 5.02 Å². The lowest BCUT2D eigenvalue weighted by Gasteiger charge is -2.04. The first kappa shape index (κ1) is 11.8. The van der Waals surface area contributed by atoms with Crippen LogP contribution in [0.25, 0.3) is 0 Å². The first-order chi connectivity index (χ1) is 8.22. The molecule has 0 saturated carbocycles. The quantitative estimate of drug-likeness (QED) is 0.775. The van der Waals surface area contributed by atoms with Crippen molar-refractivity contribution in [2.75, 3.05) is 0 Å². The van der Waals surface area contributed by atoms with Gasteiger partial charge in [-0.2, -0.15) is 0 Å². The van der Waals surface area contributed by atoms with Crippen molar-refractivity contribution in [2.24, 2.45) is 0 Å². The van der Waals surface area contributed by atoms with Gasteiger partial charge in [-0.05, 0) is 24.1 Å². The van der Waals surface area contributed by atoms with E-state index in [1.54, 1.807) is 18.3 Å². The second kappa shape index (κ2) is 5.11. The Morgan fingerprint density at radius 3 is 2.88 bits per heavy atom. The van der Waals surface area contributed by atoms with Gasteiger partial charge in [-0.15, -0.1) is 0 Å². The highest BCUT2D eigenvalue weighted by Gasteiger charge is 2.12. The van der Waals surface area contributed by atoms with Crippen LogP contribution in [0.1, 0.15) is 28.4 Å². The number of nitrogens with zero attached hydrogens (tertiary/aromatic N) is 1. The molecule has 0 unspecified atom stereocenters. The number of hydrogen-bond donors (Lipinski definition) is 0. The molecule has 0 fully saturated rings. The molecule has 2 rings (SSSR count). The minimum absolute atomic E-state index is 0.0623. The molecule has 0 atom stereocenters. The molecule has 2 nitrogen and oxygen atoms in total. The largest absolute Gasteiger partial charge is 0.289 e. The van der Waals surface area contributed by atoms with Crippen molar-refractivity contribution in [3.63, 3.8) is 0 Å². The van der Waals surface area contributed by atoms with E-state index in [4.69, 9.17) is 11.6 Å². The molecule has 0 spiro atoms. The fourth-order valence-electron chi connectivity index (χ4n) is 1.65. The van der Waals surface area contributed by atoms with Gasteiger partial charge in [0.15, 0.2) is 5.78 Å². The highest BCUT2D eigenvalue weighted by Crippen LogP contribution is 2.18. The molecule has 0 aliphatic rings. The van der Waals surface area contributed by atoms with E-state index in [-0.39, 0.29) is 5.78 Å². The predicted molar refractivity (Wildman–Crippen MR) is 68.5 cm³/mol. The van der Waals surface area contributed by atoms with Crippen LogP contribution in [-0.4, -0.2) is 10.8 Å². The fourth-order valence-corrected chi connectivity index (χ4v) is 1.85. The van der Waals surface area contributed by atoms with Crippen LogP contribution in [0.15, 0.2) is 42.7 Å². The van der Waals surface area contributed by atoms with Crippen LogP contribution in [0, 0.1) is 0 Å². The minimum Gasteiger partial charge on any atom is -0.289 e. The number of aromatic nitrogens is 1. The highest BCUT2D eigenvalue weighted by atomic mass is 35.5. The Morgan fingerprint density at radius 1 is 1.35 bits per heavy atom. The average molecular weight is 246 g/mol. The number of hydrogen-bond acceptors (Lipinski definition) is 2. The standard InChI is InChI=1S/C14H12ClNO/c1-2-10-4-3-5-11(8-10)14(17)12-6-7-16-9-13(12)15/h3-9H,2H2,1H3. The van der Waals surface area contributed by atoms with Gasteiger partial charge in [0.2, 0.25) is 0 Å². The zero-order valence-corrected chi connectivity index (χ0v) is 10.2. The maximum atomic E-state index is 12.2. The third-order valence-electron chi connectivity index (χ3n) is 2.61. The van der Waals surface area contributed by atoms with Gasteiger partial charge < -0.3 is 0 Å². The number of benzene rings is 1. The van der Waals surface area contributed by atoms with Gasteiger partial charge in [-0.25, -0.2) is 0 Å². The Bertz CT molecular complexity index is 551. The number of carbonyl (C=O) groups excluding carboxylic acids is 1. The van der Waals surface area contributed by atoms with Crippen LogP contribution in [0.4, 0.5) is 0 Å². The van der Waals surface area contributed by atoms with E-state index >= 15 is 0 Å². The second-order valence-electron chi connectivity index (χ2n) is 3.74. The molecule has 1 aromatic heterocycles. The van der Waals surface area contributed by atoms with Crippen LogP contribution in [0.3, 0.4) is 0 Å². The molecule has 1 aromatic carbocycles. The molecule has 3 heteroatoms. The minimum atomic E-state index is -0.0623. The van der Waals surface area contributed by atoms with Crippen molar-refractivity contribution in [3.05, 3.63) is 64.4 Å². The van der Waals surface area contributed by atoms with Gasteiger partial charge in [-0.3, -0.25) is 9.78 Å².